The van der Waals surface area contributed by atoms with Gasteiger partial charge in [-0.05, 0) is 43.6 Å². The summed E-state index contributed by atoms with van der Waals surface area (Å²) in [6.07, 6.45) is 5.72. The summed E-state index contributed by atoms with van der Waals surface area (Å²) in [4.78, 5) is 24.5. The largest absolute Gasteiger partial charge is 0.364 e. The molecule has 0 aromatic carbocycles. The first-order chi connectivity index (χ1) is 14.5. The fourth-order valence-corrected chi connectivity index (χ4v) is 4.90. The van der Waals surface area contributed by atoms with Crippen molar-refractivity contribution in [2.75, 3.05) is 5.32 Å². The van der Waals surface area contributed by atoms with E-state index in [4.69, 9.17) is 0 Å². The van der Waals surface area contributed by atoms with Gasteiger partial charge in [-0.3, -0.25) is 15.1 Å². The van der Waals surface area contributed by atoms with Crippen LogP contribution in [0.15, 0.2) is 18.5 Å². The Hall–Kier alpha value is -3.21. The zero-order valence-corrected chi connectivity index (χ0v) is 15.8. The highest BCUT2D eigenvalue weighted by Crippen LogP contribution is 2.46. The van der Waals surface area contributed by atoms with Gasteiger partial charge < -0.3 is 5.32 Å². The first-order valence-electron chi connectivity index (χ1n) is 9.78. The van der Waals surface area contributed by atoms with Crippen LogP contribution < -0.4 is 10.8 Å². The number of carbonyl (C=O) groups is 1. The predicted molar refractivity (Wildman–Crippen MR) is 101 cm³/mol. The summed E-state index contributed by atoms with van der Waals surface area (Å²) in [6, 6.07) is 0.891. The quantitative estimate of drug-likeness (QED) is 0.380. The summed E-state index contributed by atoms with van der Waals surface area (Å²) in [7, 11) is 0. The number of aromatic amines is 1. The third-order valence-corrected chi connectivity index (χ3v) is 6.28. The van der Waals surface area contributed by atoms with E-state index >= 15 is 0 Å². The van der Waals surface area contributed by atoms with Crippen molar-refractivity contribution in [2.45, 2.75) is 31.7 Å². The zero-order chi connectivity index (χ0) is 20.8. The van der Waals surface area contributed by atoms with Crippen LogP contribution in [0.4, 0.5) is 14.6 Å². The first-order valence-corrected chi connectivity index (χ1v) is 9.78. The highest BCUT2D eigenvalue weighted by molar-refractivity contribution is 5.88. The molecule has 2 bridgehead atoms. The third kappa shape index (κ3) is 3.05. The number of anilines is 1. The van der Waals surface area contributed by atoms with Gasteiger partial charge in [0.25, 0.3) is 0 Å². The van der Waals surface area contributed by atoms with Crippen molar-refractivity contribution >= 4 is 22.8 Å². The monoisotopic (exact) mass is 415 g/mol. The number of nitrogens with zero attached hydrogens (tertiary/aromatic N) is 4. The van der Waals surface area contributed by atoms with E-state index in [1.807, 2.05) is 0 Å². The molecule has 156 valence electrons. The number of aromatic nitrogens is 5. The molecule has 3 aromatic heterocycles. The van der Waals surface area contributed by atoms with Gasteiger partial charge in [0.15, 0.2) is 23.1 Å². The molecule has 3 aromatic rings. The van der Waals surface area contributed by atoms with Gasteiger partial charge in [-0.15, -0.1) is 0 Å². The molecule has 3 aliphatic rings. The second-order valence-corrected chi connectivity index (χ2v) is 7.86. The molecule has 0 unspecified atom stereocenters. The fraction of sp³-hybridized carbons (Fsp3) is 0.421. The Morgan fingerprint density at radius 3 is 2.67 bits per heavy atom. The minimum atomic E-state index is -0.670. The minimum Gasteiger partial charge on any atom is -0.364 e. The van der Waals surface area contributed by atoms with Gasteiger partial charge in [0.2, 0.25) is 5.91 Å². The number of fused-ring (bicyclic) bond motifs is 4. The topological polar surface area (TPSA) is 129 Å². The van der Waals surface area contributed by atoms with Crippen LogP contribution >= 0.6 is 0 Å². The molecule has 3 saturated carbocycles. The summed E-state index contributed by atoms with van der Waals surface area (Å²) >= 11 is 0. The highest BCUT2D eigenvalue weighted by Gasteiger charge is 2.47. The average Bonchev–Trinajstić information content (AvgIpc) is 3.18. The summed E-state index contributed by atoms with van der Waals surface area (Å²) in [5, 5.41) is 19.4. The Kier molecular flexibility index (Phi) is 4.54. The molecule has 0 spiro atoms. The van der Waals surface area contributed by atoms with E-state index in [9.17, 15) is 18.8 Å². The van der Waals surface area contributed by atoms with E-state index in [2.05, 4.69) is 30.5 Å². The van der Waals surface area contributed by atoms with Crippen LogP contribution in [-0.2, 0) is 4.79 Å². The lowest BCUT2D eigenvalue weighted by Gasteiger charge is -2.47. The Bertz CT molecular complexity index is 1110. The molecule has 4 N–H and O–H groups in total. The Morgan fingerprint density at radius 2 is 1.90 bits per heavy atom. The number of hydrogen-bond acceptors (Lipinski definition) is 7. The predicted octanol–water partition coefficient (Wildman–Crippen LogP) is 2.42. The lowest BCUT2D eigenvalue weighted by molar-refractivity contribution is -0.139. The maximum absolute atomic E-state index is 14.6. The molecule has 3 aliphatic carbocycles. The van der Waals surface area contributed by atoms with Crippen molar-refractivity contribution in [3.05, 3.63) is 30.1 Å². The van der Waals surface area contributed by atoms with Gasteiger partial charge in [0.1, 0.15) is 11.5 Å². The molecule has 30 heavy (non-hydrogen) atoms. The van der Waals surface area contributed by atoms with Crippen molar-refractivity contribution in [1.82, 2.24) is 30.6 Å². The zero-order valence-electron chi connectivity index (χ0n) is 15.8. The van der Waals surface area contributed by atoms with Crippen molar-refractivity contribution in [3.63, 3.8) is 0 Å². The van der Waals surface area contributed by atoms with E-state index in [1.54, 1.807) is 5.48 Å². The number of halogens is 2. The lowest BCUT2D eigenvalue weighted by atomic mass is 9.61. The fourth-order valence-electron chi connectivity index (χ4n) is 4.90. The second kappa shape index (κ2) is 7.24. The van der Waals surface area contributed by atoms with Crippen LogP contribution in [0.25, 0.3) is 22.6 Å². The highest BCUT2D eigenvalue weighted by atomic mass is 19.1. The van der Waals surface area contributed by atoms with Crippen LogP contribution in [-0.4, -0.2) is 42.3 Å². The van der Waals surface area contributed by atoms with Gasteiger partial charge in [-0.1, -0.05) is 0 Å². The summed E-state index contributed by atoms with van der Waals surface area (Å²) in [5.41, 5.74) is 2.35. The van der Waals surface area contributed by atoms with Crippen LogP contribution in [0.3, 0.4) is 0 Å². The maximum atomic E-state index is 14.6. The van der Waals surface area contributed by atoms with Crippen LogP contribution in [0.5, 0.6) is 0 Å². The van der Waals surface area contributed by atoms with Gasteiger partial charge in [-0.25, -0.2) is 29.2 Å². The number of hydroxylamine groups is 1. The molecule has 6 rings (SSSR count). The number of hydrogen-bond donors (Lipinski definition) is 4. The number of carbonyl (C=O) groups excluding carboxylic acids is 1. The van der Waals surface area contributed by atoms with Gasteiger partial charge >= 0.3 is 0 Å². The van der Waals surface area contributed by atoms with E-state index in [0.717, 1.165) is 38.1 Å². The molecule has 0 saturated heterocycles. The number of H-pyrrole nitrogens is 1. The van der Waals surface area contributed by atoms with Crippen molar-refractivity contribution < 1.29 is 18.8 Å². The van der Waals surface area contributed by atoms with Crippen molar-refractivity contribution in [3.8, 4) is 11.5 Å². The molecule has 9 nitrogen and oxygen atoms in total. The molecule has 11 heteroatoms. The number of nitrogens with one attached hydrogen (secondary N) is 3. The van der Waals surface area contributed by atoms with Crippen LogP contribution in [0, 0.1) is 29.4 Å². The van der Waals surface area contributed by atoms with Gasteiger partial charge in [0.05, 0.1) is 23.7 Å². The van der Waals surface area contributed by atoms with Crippen LogP contribution in [0.2, 0.25) is 0 Å². The summed E-state index contributed by atoms with van der Waals surface area (Å²) in [6.45, 7) is 0. The summed E-state index contributed by atoms with van der Waals surface area (Å²) < 4.78 is 28.2. The molecule has 0 aliphatic heterocycles. The molecular weight excluding hydrogens is 396 g/mol. The first kappa shape index (κ1) is 18.8. The van der Waals surface area contributed by atoms with E-state index < -0.39 is 23.5 Å². The third-order valence-electron chi connectivity index (χ3n) is 6.28. The van der Waals surface area contributed by atoms with E-state index in [1.165, 1.54) is 6.07 Å². The smallest absolute Gasteiger partial charge is 0.248 e. The lowest BCUT2D eigenvalue weighted by Crippen LogP contribution is -2.54. The summed E-state index contributed by atoms with van der Waals surface area (Å²) in [5.74, 6) is -1.81. The number of rotatable bonds is 4. The molecule has 0 radical (unpaired) electrons. The molecule has 3 heterocycles. The number of pyridine rings is 1. The van der Waals surface area contributed by atoms with Crippen LogP contribution in [0.1, 0.15) is 25.7 Å². The Labute approximate surface area is 169 Å². The maximum Gasteiger partial charge on any atom is 0.248 e. The average molecular weight is 415 g/mol. The van der Waals surface area contributed by atoms with E-state index in [-0.39, 0.29) is 35.2 Å². The van der Waals surface area contributed by atoms with E-state index in [0.29, 0.717) is 11.1 Å². The molecule has 2 atom stereocenters. The minimum absolute atomic E-state index is 0.0552. The Morgan fingerprint density at radius 1 is 1.13 bits per heavy atom. The molecular formula is C19H19F2N7O2. The van der Waals surface area contributed by atoms with Crippen molar-refractivity contribution in [1.29, 1.82) is 0 Å². The van der Waals surface area contributed by atoms with Gasteiger partial charge in [-0.2, -0.15) is 5.10 Å². The molecule has 1 amide bonds. The normalized spacial score (nSPS) is 25.4. The number of amides is 1. The Balaban J connectivity index is 1.50. The van der Waals surface area contributed by atoms with Crippen molar-refractivity contribution in [2.24, 2.45) is 17.8 Å². The second-order valence-electron chi connectivity index (χ2n) is 7.86. The van der Waals surface area contributed by atoms with Gasteiger partial charge in [0, 0.05) is 6.04 Å². The molecule has 3 fully saturated rings. The standard InChI is InChI=1S/C19H19F2N7O2/c20-10-5-11-15(26-27-16(11)22-6-10)18-23-7-12(21)17(25-18)24-14-9-3-1-8(2-4-9)13(14)19(29)28-30/h5-9,13-14,30H,1-4H2,(H,28,29)(H,22,26,27)(H,23,24,25)/t8?,9?,13-,14-/m0/s1. The SMILES string of the molecule is O=C(NO)[C@H]1C2CCC(CC2)[C@@H]1Nc1nc(-c2[nH]nc3ncc(F)cc23)ncc1F.